The van der Waals surface area contributed by atoms with Crippen LogP contribution in [0.3, 0.4) is 0 Å². The zero-order chi connectivity index (χ0) is 12.3. The van der Waals surface area contributed by atoms with Gasteiger partial charge in [-0.05, 0) is 12.1 Å². The second kappa shape index (κ2) is 4.40. The molecular weight excluding hydrogens is 237 g/mol. The van der Waals surface area contributed by atoms with Crippen molar-refractivity contribution in [2.45, 2.75) is 12.7 Å². The average molecular weight is 244 g/mol. The average Bonchev–Trinajstić information content (AvgIpc) is 2.78. The highest BCUT2D eigenvalue weighted by molar-refractivity contribution is 5.33. The van der Waals surface area contributed by atoms with Crippen molar-refractivity contribution in [3.63, 3.8) is 0 Å². The van der Waals surface area contributed by atoms with Crippen molar-refractivity contribution in [1.29, 1.82) is 0 Å². The summed E-state index contributed by atoms with van der Waals surface area (Å²) in [6.07, 6.45) is -3.01. The number of nitrogens with zero attached hydrogens (tertiary/aromatic N) is 3. The molecule has 0 saturated carbocycles. The lowest BCUT2D eigenvalue weighted by atomic mass is 10.3. The van der Waals surface area contributed by atoms with Crippen molar-refractivity contribution in [3.05, 3.63) is 35.9 Å². The van der Waals surface area contributed by atoms with Crippen molar-refractivity contribution in [3.8, 4) is 0 Å². The van der Waals surface area contributed by atoms with Gasteiger partial charge in [-0.25, -0.2) is 0 Å². The first kappa shape index (κ1) is 11.4. The van der Waals surface area contributed by atoms with Gasteiger partial charge in [0.25, 0.3) is 0 Å². The molecule has 2 heterocycles. The third-order valence-electron chi connectivity index (χ3n) is 1.89. The minimum atomic E-state index is -4.48. The zero-order valence-electron chi connectivity index (χ0n) is 8.40. The lowest BCUT2D eigenvalue weighted by Crippen LogP contribution is -2.10. The summed E-state index contributed by atoms with van der Waals surface area (Å²) in [4.78, 5) is 0. The third kappa shape index (κ3) is 2.92. The van der Waals surface area contributed by atoms with E-state index in [0.717, 1.165) is 6.07 Å². The maximum Gasteiger partial charge on any atom is 0.435 e. The largest absolute Gasteiger partial charge is 0.435 e. The molecule has 17 heavy (non-hydrogen) atoms. The number of rotatable bonds is 3. The fourth-order valence-corrected chi connectivity index (χ4v) is 1.09. The topological polar surface area (TPSA) is 63.8 Å². The van der Waals surface area contributed by atoms with Gasteiger partial charge < -0.3 is 9.84 Å². The van der Waals surface area contributed by atoms with Crippen LogP contribution in [0.1, 0.15) is 11.5 Å². The molecule has 8 heteroatoms. The van der Waals surface area contributed by atoms with Crippen LogP contribution in [0.15, 0.2) is 28.9 Å². The van der Waals surface area contributed by atoms with E-state index in [9.17, 15) is 13.2 Å². The Morgan fingerprint density at radius 3 is 2.53 bits per heavy atom. The molecule has 2 aromatic heterocycles. The second-order valence-corrected chi connectivity index (χ2v) is 3.13. The number of alkyl halides is 3. The molecule has 0 aliphatic rings. The minimum Gasteiger partial charge on any atom is -0.361 e. The lowest BCUT2D eigenvalue weighted by molar-refractivity contribution is -0.141. The van der Waals surface area contributed by atoms with Gasteiger partial charge in [-0.1, -0.05) is 5.16 Å². The highest BCUT2D eigenvalue weighted by Crippen LogP contribution is 2.27. The maximum absolute atomic E-state index is 12.2. The van der Waals surface area contributed by atoms with Crippen LogP contribution in [0, 0.1) is 0 Å². The van der Waals surface area contributed by atoms with Gasteiger partial charge in [0.1, 0.15) is 5.82 Å². The van der Waals surface area contributed by atoms with Crippen LogP contribution in [-0.2, 0) is 12.7 Å². The molecule has 2 aromatic rings. The van der Waals surface area contributed by atoms with Crippen LogP contribution in [0.2, 0.25) is 0 Å². The standard InChI is InChI=1S/C9H7F3N4O/c10-9(11,12)7-1-2-8(16-15-7)13-5-6-3-4-14-17-6/h1-4H,5H2,(H,13,16). The zero-order valence-corrected chi connectivity index (χ0v) is 8.40. The molecule has 90 valence electrons. The molecule has 0 atom stereocenters. The highest BCUT2D eigenvalue weighted by Gasteiger charge is 2.32. The third-order valence-corrected chi connectivity index (χ3v) is 1.89. The minimum absolute atomic E-state index is 0.231. The molecule has 0 aliphatic heterocycles. The van der Waals surface area contributed by atoms with Gasteiger partial charge >= 0.3 is 6.18 Å². The molecule has 0 radical (unpaired) electrons. The normalized spacial score (nSPS) is 11.5. The molecule has 1 N–H and O–H groups in total. The van der Waals surface area contributed by atoms with Crippen molar-refractivity contribution < 1.29 is 17.7 Å². The van der Waals surface area contributed by atoms with Crippen molar-refractivity contribution in [2.24, 2.45) is 0 Å². The first-order valence-electron chi connectivity index (χ1n) is 4.60. The van der Waals surface area contributed by atoms with Crippen LogP contribution in [0.5, 0.6) is 0 Å². The molecule has 5 nitrogen and oxygen atoms in total. The molecule has 0 spiro atoms. The van der Waals surface area contributed by atoms with Gasteiger partial charge in [0.05, 0.1) is 12.7 Å². The number of nitrogens with one attached hydrogen (secondary N) is 1. The Bertz CT molecular complexity index is 466. The van der Waals surface area contributed by atoms with Gasteiger partial charge in [-0.15, -0.1) is 10.2 Å². The van der Waals surface area contributed by atoms with Gasteiger partial charge in [0, 0.05) is 6.07 Å². The number of halogens is 3. The molecule has 2 rings (SSSR count). The Hall–Kier alpha value is -2.12. The smallest absolute Gasteiger partial charge is 0.361 e. The Kier molecular flexibility index (Phi) is 2.94. The summed E-state index contributed by atoms with van der Waals surface area (Å²) in [6.45, 7) is 0.278. The van der Waals surface area contributed by atoms with Gasteiger partial charge in [-0.3, -0.25) is 0 Å². The number of hydrogen-bond donors (Lipinski definition) is 1. The monoisotopic (exact) mass is 244 g/mol. The van der Waals surface area contributed by atoms with Crippen molar-refractivity contribution >= 4 is 5.82 Å². The van der Waals surface area contributed by atoms with E-state index in [1.807, 2.05) is 0 Å². The summed E-state index contributed by atoms with van der Waals surface area (Å²) in [6, 6.07) is 3.69. The van der Waals surface area contributed by atoms with E-state index in [-0.39, 0.29) is 12.4 Å². The second-order valence-electron chi connectivity index (χ2n) is 3.13. The molecule has 0 bridgehead atoms. The SMILES string of the molecule is FC(F)(F)c1ccc(NCc2ccno2)nn1. The van der Waals surface area contributed by atoms with Crippen molar-refractivity contribution in [2.75, 3.05) is 5.32 Å². The number of aromatic nitrogens is 3. The fourth-order valence-electron chi connectivity index (χ4n) is 1.09. The van der Waals surface area contributed by atoms with Gasteiger partial charge in [-0.2, -0.15) is 13.2 Å². The predicted molar refractivity (Wildman–Crippen MR) is 50.9 cm³/mol. The van der Waals surface area contributed by atoms with Gasteiger partial charge in [0.15, 0.2) is 11.5 Å². The van der Waals surface area contributed by atoms with Crippen LogP contribution < -0.4 is 5.32 Å². The first-order valence-corrected chi connectivity index (χ1v) is 4.60. The van der Waals surface area contributed by atoms with Crippen LogP contribution in [0.4, 0.5) is 19.0 Å². The predicted octanol–water partition coefficient (Wildman–Crippen LogP) is 2.10. The van der Waals surface area contributed by atoms with Gasteiger partial charge in [0.2, 0.25) is 0 Å². The van der Waals surface area contributed by atoms with E-state index in [1.165, 1.54) is 12.3 Å². The summed E-state index contributed by atoms with van der Waals surface area (Å²) < 4.78 is 41.3. The number of hydrogen-bond acceptors (Lipinski definition) is 5. The van der Waals surface area contributed by atoms with E-state index in [1.54, 1.807) is 6.07 Å². The molecule has 0 aliphatic carbocycles. The summed E-state index contributed by atoms with van der Waals surface area (Å²) in [7, 11) is 0. The van der Waals surface area contributed by atoms with E-state index < -0.39 is 11.9 Å². The molecule has 0 amide bonds. The fraction of sp³-hybridized carbons (Fsp3) is 0.222. The van der Waals surface area contributed by atoms with Crippen LogP contribution in [-0.4, -0.2) is 15.4 Å². The summed E-state index contributed by atoms with van der Waals surface area (Å²) in [5.41, 5.74) is -1.03. The Morgan fingerprint density at radius 2 is 2.00 bits per heavy atom. The Balaban J connectivity index is 1.99. The number of anilines is 1. The molecular formula is C9H7F3N4O. The lowest BCUT2D eigenvalue weighted by Gasteiger charge is -2.05. The van der Waals surface area contributed by atoms with E-state index in [0.29, 0.717) is 5.76 Å². The summed E-state index contributed by atoms with van der Waals surface area (Å²) in [5.74, 6) is 0.779. The quantitative estimate of drug-likeness (QED) is 0.895. The van der Waals surface area contributed by atoms with E-state index in [4.69, 9.17) is 4.52 Å². The molecule has 0 unspecified atom stereocenters. The first-order chi connectivity index (χ1) is 8.05. The Labute approximate surface area is 93.6 Å². The molecule has 0 fully saturated rings. The summed E-state index contributed by atoms with van der Waals surface area (Å²) >= 11 is 0. The molecule has 0 saturated heterocycles. The summed E-state index contributed by atoms with van der Waals surface area (Å²) in [5, 5.41) is 12.7. The van der Waals surface area contributed by atoms with Crippen LogP contribution in [0.25, 0.3) is 0 Å². The maximum atomic E-state index is 12.2. The highest BCUT2D eigenvalue weighted by atomic mass is 19.4. The Morgan fingerprint density at radius 1 is 1.18 bits per heavy atom. The van der Waals surface area contributed by atoms with E-state index >= 15 is 0 Å². The van der Waals surface area contributed by atoms with Crippen LogP contribution >= 0.6 is 0 Å². The molecule has 0 aromatic carbocycles. The van der Waals surface area contributed by atoms with E-state index in [2.05, 4.69) is 20.7 Å². The van der Waals surface area contributed by atoms with Crippen molar-refractivity contribution in [1.82, 2.24) is 15.4 Å².